The largest absolute Gasteiger partial charge is 0.321 e. The highest BCUT2D eigenvalue weighted by molar-refractivity contribution is 4.85. The van der Waals surface area contributed by atoms with Gasteiger partial charge in [0.15, 0.2) is 0 Å². The number of nitrogens with zero attached hydrogens (tertiary/aromatic N) is 3. The molecule has 1 aromatic heterocycles. The highest BCUT2D eigenvalue weighted by atomic mass is 19.3. The van der Waals surface area contributed by atoms with Crippen LogP contribution in [0.5, 0.6) is 0 Å². The lowest BCUT2D eigenvalue weighted by atomic mass is 10.2. The molecule has 0 atom stereocenters. The van der Waals surface area contributed by atoms with Crippen molar-refractivity contribution in [3.8, 4) is 0 Å². The zero-order valence-corrected chi connectivity index (χ0v) is 6.87. The molecule has 0 radical (unpaired) electrons. The van der Waals surface area contributed by atoms with E-state index in [-0.39, 0.29) is 0 Å². The third-order valence-electron chi connectivity index (χ3n) is 1.61. The summed E-state index contributed by atoms with van der Waals surface area (Å²) in [5, 5.41) is 7.04. The summed E-state index contributed by atoms with van der Waals surface area (Å²) in [4.78, 5) is 0. The second-order valence-electron chi connectivity index (χ2n) is 2.54. The first-order valence-corrected chi connectivity index (χ1v) is 3.92. The minimum absolute atomic E-state index is 0.367. The number of unbranched alkanes of at least 4 members (excludes halogenated alkanes) is 1. The lowest BCUT2D eigenvalue weighted by molar-refractivity contribution is 0.0666. The molecule has 0 bridgehead atoms. The molecule has 68 valence electrons. The van der Waals surface area contributed by atoms with E-state index < -0.39 is 6.55 Å². The van der Waals surface area contributed by atoms with Crippen molar-refractivity contribution in [1.29, 1.82) is 0 Å². The average Bonchev–Trinajstić information content (AvgIpc) is 2.48. The van der Waals surface area contributed by atoms with Crippen LogP contribution < -0.4 is 0 Å². The number of rotatable bonds is 4. The van der Waals surface area contributed by atoms with Gasteiger partial charge in [-0.3, -0.25) is 4.57 Å². The van der Waals surface area contributed by atoms with Crippen molar-refractivity contribution >= 4 is 0 Å². The molecule has 0 aromatic carbocycles. The van der Waals surface area contributed by atoms with Gasteiger partial charge in [-0.2, -0.15) is 8.78 Å². The van der Waals surface area contributed by atoms with Crippen molar-refractivity contribution in [3.63, 3.8) is 0 Å². The lowest BCUT2D eigenvalue weighted by Gasteiger charge is -2.02. The van der Waals surface area contributed by atoms with Gasteiger partial charge in [-0.1, -0.05) is 13.3 Å². The van der Waals surface area contributed by atoms with Gasteiger partial charge >= 0.3 is 6.55 Å². The first-order valence-electron chi connectivity index (χ1n) is 3.92. The van der Waals surface area contributed by atoms with E-state index in [4.69, 9.17) is 0 Å². The lowest BCUT2D eigenvalue weighted by Crippen LogP contribution is -2.03. The number of hydrogen-bond donors (Lipinski definition) is 0. The SMILES string of the molecule is CCCCc1nncn1C(F)F. The van der Waals surface area contributed by atoms with Crippen LogP contribution >= 0.6 is 0 Å². The molecule has 5 heteroatoms. The Balaban J connectivity index is 2.64. The average molecular weight is 175 g/mol. The maximum absolute atomic E-state index is 12.2. The standard InChI is InChI=1S/C7H11F2N3/c1-2-3-4-6-11-10-5-12(6)7(8)9/h5,7H,2-4H2,1H3. The molecule has 1 aromatic rings. The zero-order chi connectivity index (χ0) is 8.97. The molecule has 0 unspecified atom stereocenters. The minimum Gasteiger partial charge on any atom is -0.259 e. The summed E-state index contributed by atoms with van der Waals surface area (Å²) in [6, 6.07) is 0. The Morgan fingerprint density at radius 3 is 2.92 bits per heavy atom. The number of alkyl halides is 2. The maximum atomic E-state index is 12.2. The molecular formula is C7H11F2N3. The summed E-state index contributed by atoms with van der Waals surface area (Å²) < 4.78 is 25.1. The molecule has 12 heavy (non-hydrogen) atoms. The van der Waals surface area contributed by atoms with Gasteiger partial charge in [0.1, 0.15) is 12.2 Å². The predicted molar refractivity (Wildman–Crippen MR) is 39.9 cm³/mol. The van der Waals surface area contributed by atoms with Crippen LogP contribution in [0.15, 0.2) is 6.33 Å². The number of hydrogen-bond acceptors (Lipinski definition) is 2. The van der Waals surface area contributed by atoms with Gasteiger partial charge in [-0.15, -0.1) is 10.2 Å². The normalized spacial score (nSPS) is 11.0. The fraction of sp³-hybridized carbons (Fsp3) is 0.714. The number of aryl methyl sites for hydroxylation is 1. The topological polar surface area (TPSA) is 30.7 Å². The fourth-order valence-corrected chi connectivity index (χ4v) is 0.943. The fourth-order valence-electron chi connectivity index (χ4n) is 0.943. The van der Waals surface area contributed by atoms with Crippen LogP contribution in [0.1, 0.15) is 32.1 Å². The first-order chi connectivity index (χ1) is 5.75. The minimum atomic E-state index is -2.52. The molecule has 0 saturated carbocycles. The van der Waals surface area contributed by atoms with Gasteiger partial charge in [0.05, 0.1) is 0 Å². The van der Waals surface area contributed by atoms with E-state index in [1.54, 1.807) is 0 Å². The first kappa shape index (κ1) is 9.09. The van der Waals surface area contributed by atoms with Crippen molar-refractivity contribution in [2.45, 2.75) is 32.7 Å². The second kappa shape index (κ2) is 4.13. The van der Waals surface area contributed by atoms with Crippen LogP contribution in [0.4, 0.5) is 8.78 Å². The van der Waals surface area contributed by atoms with E-state index in [1.807, 2.05) is 6.92 Å². The van der Waals surface area contributed by atoms with Gasteiger partial charge in [0.2, 0.25) is 0 Å². The Hall–Kier alpha value is -1.00. The molecule has 0 N–H and O–H groups in total. The van der Waals surface area contributed by atoms with E-state index in [9.17, 15) is 8.78 Å². The Morgan fingerprint density at radius 2 is 2.33 bits per heavy atom. The Morgan fingerprint density at radius 1 is 1.58 bits per heavy atom. The van der Waals surface area contributed by atoms with Gasteiger partial charge < -0.3 is 0 Å². The molecule has 0 aliphatic rings. The third kappa shape index (κ3) is 1.99. The summed E-state index contributed by atoms with van der Waals surface area (Å²) in [5.41, 5.74) is 0. The predicted octanol–water partition coefficient (Wildman–Crippen LogP) is 2.02. The monoisotopic (exact) mass is 175 g/mol. The second-order valence-corrected chi connectivity index (χ2v) is 2.54. The van der Waals surface area contributed by atoms with Crippen LogP contribution in [0.3, 0.4) is 0 Å². The van der Waals surface area contributed by atoms with E-state index in [0.29, 0.717) is 12.2 Å². The maximum Gasteiger partial charge on any atom is 0.321 e. The van der Waals surface area contributed by atoms with E-state index >= 15 is 0 Å². The van der Waals surface area contributed by atoms with Gasteiger partial charge in [-0.25, -0.2) is 0 Å². The summed E-state index contributed by atoms with van der Waals surface area (Å²) in [6.45, 7) is -0.518. The quantitative estimate of drug-likeness (QED) is 0.700. The van der Waals surface area contributed by atoms with Crippen LogP contribution in [0.2, 0.25) is 0 Å². The highest BCUT2D eigenvalue weighted by Crippen LogP contribution is 2.12. The molecule has 0 amide bonds. The molecule has 0 aliphatic carbocycles. The van der Waals surface area contributed by atoms with Crippen LogP contribution in [-0.2, 0) is 6.42 Å². The highest BCUT2D eigenvalue weighted by Gasteiger charge is 2.11. The number of halogens is 2. The van der Waals surface area contributed by atoms with E-state index in [0.717, 1.165) is 23.7 Å². The smallest absolute Gasteiger partial charge is 0.259 e. The van der Waals surface area contributed by atoms with E-state index in [1.165, 1.54) is 0 Å². The van der Waals surface area contributed by atoms with Crippen LogP contribution in [0.25, 0.3) is 0 Å². The molecule has 0 spiro atoms. The summed E-state index contributed by atoms with van der Waals surface area (Å²) in [5.74, 6) is 0.367. The summed E-state index contributed by atoms with van der Waals surface area (Å²) in [6.07, 6.45) is 3.47. The molecular weight excluding hydrogens is 164 g/mol. The molecule has 0 fully saturated rings. The Bertz CT molecular complexity index is 234. The van der Waals surface area contributed by atoms with Crippen molar-refractivity contribution < 1.29 is 8.78 Å². The zero-order valence-electron chi connectivity index (χ0n) is 6.87. The molecule has 0 saturated heterocycles. The molecule has 1 rings (SSSR count). The van der Waals surface area contributed by atoms with E-state index in [2.05, 4.69) is 10.2 Å². The van der Waals surface area contributed by atoms with Crippen molar-refractivity contribution in [2.75, 3.05) is 0 Å². The van der Waals surface area contributed by atoms with Gasteiger partial charge in [0, 0.05) is 6.42 Å². The Labute approximate surface area is 69.4 Å². The summed E-state index contributed by atoms with van der Waals surface area (Å²) >= 11 is 0. The number of aromatic nitrogens is 3. The van der Waals surface area contributed by atoms with Crippen molar-refractivity contribution in [3.05, 3.63) is 12.2 Å². The Kier molecular flexibility index (Phi) is 3.13. The third-order valence-corrected chi connectivity index (χ3v) is 1.61. The van der Waals surface area contributed by atoms with Gasteiger partial charge in [-0.05, 0) is 6.42 Å². The van der Waals surface area contributed by atoms with Crippen molar-refractivity contribution in [2.24, 2.45) is 0 Å². The van der Waals surface area contributed by atoms with Crippen LogP contribution in [-0.4, -0.2) is 14.8 Å². The van der Waals surface area contributed by atoms with Crippen molar-refractivity contribution in [1.82, 2.24) is 14.8 Å². The molecule has 0 aliphatic heterocycles. The van der Waals surface area contributed by atoms with Crippen LogP contribution in [0, 0.1) is 0 Å². The molecule has 3 nitrogen and oxygen atoms in total. The summed E-state index contributed by atoms with van der Waals surface area (Å²) in [7, 11) is 0. The van der Waals surface area contributed by atoms with Gasteiger partial charge in [0.25, 0.3) is 0 Å². The molecule has 1 heterocycles.